The van der Waals surface area contributed by atoms with Crippen molar-refractivity contribution in [3.8, 4) is 0 Å². The second kappa shape index (κ2) is 27.6. The summed E-state index contributed by atoms with van der Waals surface area (Å²) in [5, 5.41) is 32.2. The molecule has 1 aliphatic carbocycles. The second-order valence-corrected chi connectivity index (χ2v) is 17.5. The van der Waals surface area contributed by atoms with Crippen LogP contribution in [0.25, 0.3) is 0 Å². The number of aliphatic hydroxyl groups excluding tert-OH is 1. The Hall–Kier alpha value is -6.15. The van der Waals surface area contributed by atoms with E-state index < -0.39 is 65.8 Å². The Morgan fingerprint density at radius 1 is 0.897 bits per heavy atom. The molecule has 0 radical (unpaired) electrons. The van der Waals surface area contributed by atoms with Gasteiger partial charge in [0.1, 0.15) is 0 Å². The van der Waals surface area contributed by atoms with E-state index in [1.54, 1.807) is 26.0 Å². The molecule has 1 aromatic rings. The molecule has 0 saturated carbocycles. The first-order chi connectivity index (χ1) is 32.5. The first kappa shape index (κ1) is 54.5. The number of hydrogen-bond donors (Lipinski definition) is 7. The van der Waals surface area contributed by atoms with Gasteiger partial charge in [-0.05, 0) is 57.6 Å². The molecule has 1 aromatic carbocycles. The Bertz CT molecular complexity index is 2090. The highest BCUT2D eigenvalue weighted by atomic mass is 16.7. The van der Waals surface area contributed by atoms with Gasteiger partial charge in [0.25, 0.3) is 11.8 Å². The number of rotatable bonds is 15. The van der Waals surface area contributed by atoms with Crippen LogP contribution in [0.1, 0.15) is 79.1 Å². The van der Waals surface area contributed by atoms with Crippen molar-refractivity contribution in [2.75, 3.05) is 58.8 Å². The lowest BCUT2D eigenvalue weighted by Gasteiger charge is -2.34. The van der Waals surface area contributed by atoms with E-state index in [2.05, 4.69) is 31.6 Å². The van der Waals surface area contributed by atoms with Crippen LogP contribution in [0, 0.1) is 11.8 Å². The quantitative estimate of drug-likeness (QED) is 0.0561. The summed E-state index contributed by atoms with van der Waals surface area (Å²) in [6.07, 6.45) is 6.76. The molecule has 4 rings (SSSR count). The molecular weight excluding hydrogens is 879 g/mol. The van der Waals surface area contributed by atoms with E-state index in [9.17, 15) is 43.8 Å². The number of fused-ring (bicyclic) bond motifs is 2. The normalized spacial score (nSPS) is 25.4. The van der Waals surface area contributed by atoms with Gasteiger partial charge in [-0.25, -0.2) is 9.59 Å². The number of hydrogen-bond acceptors (Lipinski definition) is 13. The number of para-hydroxylation sites is 1. The highest BCUT2D eigenvalue weighted by molar-refractivity contribution is 6.23. The fraction of sp³-hybridized carbons (Fsp3) is 0.531. The van der Waals surface area contributed by atoms with E-state index >= 15 is 0 Å². The Labute approximate surface area is 398 Å². The Balaban J connectivity index is 1.32. The van der Waals surface area contributed by atoms with Gasteiger partial charge in [-0.15, -0.1) is 0 Å². The highest BCUT2D eigenvalue weighted by Gasteiger charge is 2.34. The van der Waals surface area contributed by atoms with Crippen molar-refractivity contribution in [3.63, 3.8) is 0 Å². The number of anilines is 1. The summed E-state index contributed by atoms with van der Waals surface area (Å²) in [7, 11) is 2.89. The number of carboxylic acid groups (broad SMARTS) is 1. The zero-order valence-electron chi connectivity index (χ0n) is 40.0. The van der Waals surface area contributed by atoms with Gasteiger partial charge >= 0.3 is 12.2 Å². The number of unbranched alkanes of at least 4 members (excludes halogenated alkanes) is 3. The summed E-state index contributed by atoms with van der Waals surface area (Å²) in [6.45, 7) is 9.29. The predicted molar refractivity (Wildman–Crippen MR) is 253 cm³/mol. The number of nitrogens with zero attached hydrogens (tertiary/aromatic N) is 2. The molecule has 19 nitrogen and oxygen atoms in total. The van der Waals surface area contributed by atoms with Crippen molar-refractivity contribution < 1.29 is 58.1 Å². The molecule has 7 N–H and O–H groups in total. The van der Waals surface area contributed by atoms with Gasteiger partial charge < -0.3 is 50.7 Å². The maximum atomic E-state index is 14.1. The number of nitrogens with one attached hydrogen (secondary N) is 5. The highest BCUT2D eigenvalue weighted by Crippen LogP contribution is 2.29. The van der Waals surface area contributed by atoms with Gasteiger partial charge in [-0.1, -0.05) is 74.8 Å². The number of methoxy groups -OCH3 is 2. The van der Waals surface area contributed by atoms with Gasteiger partial charge in [0.2, 0.25) is 17.5 Å². The van der Waals surface area contributed by atoms with Crippen LogP contribution >= 0.6 is 0 Å². The predicted octanol–water partition coefficient (Wildman–Crippen LogP) is 4.29. The second-order valence-electron chi connectivity index (χ2n) is 17.5. The first-order valence-electron chi connectivity index (χ1n) is 23.2. The van der Waals surface area contributed by atoms with E-state index in [0.717, 1.165) is 24.6 Å². The standard InChI is InChI=1S/C49H69N7O12/c1-31-27-36-44(50-21-22-55-23-25-56(26-24-55)49(65)68-54-42(59)20-13-8-7-12-19-41(58)51-35-16-10-9-11-17-35)38(57)30-37(46(36)61)52-47(62)32(2)15-14-18-39(66-5)43(53-48(63)64)33(3)29-34(4)45(60)40(28-31)67-6/h9-11,14-18,29-31,34,39-40,43,45,50,53,60H,7-8,12-13,19-28H2,1-6H3,(H,51,58)(H,52,62)(H,54,59)(H,63,64)/b18-14-,32-15+,33-29+/t31-,34+,39+,40+,43+,45+/m1/s1. The number of carbonyl (C=O) groups excluding carboxylic acids is 6. The lowest BCUT2D eigenvalue weighted by molar-refractivity contribution is -0.130. The van der Waals surface area contributed by atoms with Crippen LogP contribution in [0.3, 0.4) is 0 Å². The van der Waals surface area contributed by atoms with E-state index in [4.69, 9.17) is 14.3 Å². The average Bonchev–Trinajstić information content (AvgIpc) is 3.31. The zero-order chi connectivity index (χ0) is 49.8. The molecule has 0 spiro atoms. The van der Waals surface area contributed by atoms with Crippen LogP contribution in [0.15, 0.2) is 88.8 Å². The van der Waals surface area contributed by atoms with E-state index in [1.807, 2.05) is 37.3 Å². The van der Waals surface area contributed by atoms with Gasteiger partial charge in [0, 0.05) is 95.2 Å². The Kier molecular flexibility index (Phi) is 22.1. The van der Waals surface area contributed by atoms with E-state index in [1.165, 1.54) is 38.2 Å². The minimum atomic E-state index is -1.28. The molecule has 3 aliphatic rings. The molecule has 2 bridgehead atoms. The summed E-state index contributed by atoms with van der Waals surface area (Å²) in [5.41, 5.74) is 3.87. The van der Waals surface area contributed by atoms with Gasteiger partial charge in [0.05, 0.1) is 35.7 Å². The molecule has 68 heavy (non-hydrogen) atoms. The summed E-state index contributed by atoms with van der Waals surface area (Å²) in [5.74, 6) is -2.92. The maximum Gasteiger partial charge on any atom is 0.434 e. The zero-order valence-corrected chi connectivity index (χ0v) is 40.0. The lowest BCUT2D eigenvalue weighted by atomic mass is 9.85. The number of aliphatic hydroxyl groups is 1. The molecule has 372 valence electrons. The molecule has 2 aliphatic heterocycles. The maximum absolute atomic E-state index is 14.1. The number of amides is 5. The number of ether oxygens (including phenoxy) is 2. The summed E-state index contributed by atoms with van der Waals surface area (Å²) < 4.78 is 11.4. The van der Waals surface area contributed by atoms with Gasteiger partial charge in [0.15, 0.2) is 0 Å². The SMILES string of the molecule is CO[C@H]1/C=C\C=C(/C)C(=O)NC2=CC(=O)C(NCCN3CCN(C(=O)ONC(=O)CCCCCCC(=O)Nc4ccccc4)CC3)=C(C[C@@H](C)C[C@H](OC)[C@@H](O)[C@@H](C)/C=C(\C)[C@@H]1NC(=O)O)C2=O. The van der Waals surface area contributed by atoms with Crippen LogP contribution in [-0.2, 0) is 38.3 Å². The number of piperazine rings is 1. The Morgan fingerprint density at radius 2 is 1.57 bits per heavy atom. The molecule has 1 fully saturated rings. The van der Waals surface area contributed by atoms with Crippen LogP contribution in [0.4, 0.5) is 15.3 Å². The number of hydroxylamine groups is 1. The summed E-state index contributed by atoms with van der Waals surface area (Å²) in [6, 6.07) is 8.41. The first-order valence-corrected chi connectivity index (χ1v) is 23.2. The fourth-order valence-electron chi connectivity index (χ4n) is 8.23. The van der Waals surface area contributed by atoms with Crippen LogP contribution < -0.4 is 26.7 Å². The molecule has 0 unspecified atom stereocenters. The molecule has 1 saturated heterocycles. The topological polar surface area (TPSA) is 254 Å². The van der Waals surface area contributed by atoms with E-state index in [0.29, 0.717) is 57.6 Å². The third-order valence-corrected chi connectivity index (χ3v) is 12.1. The van der Waals surface area contributed by atoms with Crippen LogP contribution in [-0.4, -0.2) is 139 Å². The minimum Gasteiger partial charge on any atom is -0.465 e. The smallest absolute Gasteiger partial charge is 0.434 e. The van der Waals surface area contributed by atoms with Crippen LogP contribution in [0.2, 0.25) is 0 Å². The number of Topliss-reactive ketones (excluding diaryl/α,β-unsaturated/α-hetero) is 1. The van der Waals surface area contributed by atoms with Gasteiger partial charge in [-0.3, -0.25) is 28.9 Å². The molecule has 2 heterocycles. The Morgan fingerprint density at radius 3 is 2.22 bits per heavy atom. The monoisotopic (exact) mass is 948 g/mol. The number of carbonyl (C=O) groups is 7. The largest absolute Gasteiger partial charge is 0.465 e. The molecule has 5 amide bonds. The number of benzene rings is 1. The third-order valence-electron chi connectivity index (χ3n) is 12.1. The van der Waals surface area contributed by atoms with Crippen molar-refractivity contribution in [3.05, 3.63) is 88.8 Å². The van der Waals surface area contributed by atoms with Crippen molar-refractivity contribution in [1.82, 2.24) is 31.2 Å². The number of ketones is 2. The van der Waals surface area contributed by atoms with Crippen LogP contribution in [0.5, 0.6) is 0 Å². The van der Waals surface area contributed by atoms with Crippen molar-refractivity contribution in [1.29, 1.82) is 0 Å². The molecule has 19 heteroatoms. The fourth-order valence-corrected chi connectivity index (χ4v) is 8.23. The molecule has 0 aromatic heterocycles. The minimum absolute atomic E-state index is 0.0569. The van der Waals surface area contributed by atoms with Gasteiger partial charge in [-0.2, -0.15) is 5.48 Å². The third kappa shape index (κ3) is 17.2. The van der Waals surface area contributed by atoms with Crippen molar-refractivity contribution in [2.24, 2.45) is 11.8 Å². The summed E-state index contributed by atoms with van der Waals surface area (Å²) >= 11 is 0. The van der Waals surface area contributed by atoms with Crippen molar-refractivity contribution >= 4 is 47.2 Å². The van der Waals surface area contributed by atoms with Crippen molar-refractivity contribution in [2.45, 2.75) is 103 Å². The molecular formula is C49H69N7O12. The van der Waals surface area contributed by atoms with E-state index in [-0.39, 0.29) is 60.2 Å². The number of allylic oxidation sites excluding steroid dienone is 4. The molecule has 6 atom stereocenters. The lowest BCUT2D eigenvalue weighted by Crippen LogP contribution is -2.51. The average molecular weight is 948 g/mol. The summed E-state index contributed by atoms with van der Waals surface area (Å²) in [4.78, 5) is 98.8.